The number of hydrogen-bond donors (Lipinski definition) is 1. The second kappa shape index (κ2) is 2.50. The molecule has 0 bridgehead atoms. The lowest BCUT2D eigenvalue weighted by Gasteiger charge is -2.10. The molecule has 1 heterocycles. The van der Waals surface area contributed by atoms with E-state index in [-0.39, 0.29) is 12.0 Å². The van der Waals surface area contributed by atoms with Crippen LogP contribution in [0.3, 0.4) is 0 Å². The van der Waals surface area contributed by atoms with Crippen LogP contribution in [0.4, 0.5) is 0 Å². The molecule has 0 amide bonds. The molecule has 1 N–H and O–H groups in total. The minimum Gasteiger partial charge on any atom is -0.390 e. The second-order valence-corrected chi connectivity index (χ2v) is 2.56. The largest absolute Gasteiger partial charge is 0.390 e. The molecule has 0 radical (unpaired) electrons. The van der Waals surface area contributed by atoms with Gasteiger partial charge in [0.25, 0.3) is 0 Å². The topological polar surface area (TPSA) is 29.5 Å². The maximum Gasteiger partial charge on any atom is 0.0860 e. The number of aliphatic hydroxyl groups is 1. The Morgan fingerprint density at radius 3 is 2.56 bits per heavy atom. The third-order valence-corrected chi connectivity index (χ3v) is 1.68. The van der Waals surface area contributed by atoms with Crippen molar-refractivity contribution in [1.29, 1.82) is 0 Å². The van der Waals surface area contributed by atoms with Gasteiger partial charge in [0.05, 0.1) is 19.3 Å². The van der Waals surface area contributed by atoms with Crippen LogP contribution in [0.2, 0.25) is 0 Å². The molecule has 1 fully saturated rings. The summed E-state index contributed by atoms with van der Waals surface area (Å²) < 4.78 is 5.02. The highest BCUT2D eigenvalue weighted by Crippen LogP contribution is 2.19. The van der Waals surface area contributed by atoms with E-state index in [0.29, 0.717) is 13.2 Å². The van der Waals surface area contributed by atoms with Crippen molar-refractivity contribution in [2.75, 3.05) is 13.2 Å². The SMILES string of the molecule is C=C(C)[C@@H]1COC[C@H]1O. The van der Waals surface area contributed by atoms with Crippen LogP contribution >= 0.6 is 0 Å². The van der Waals surface area contributed by atoms with Crippen LogP contribution in [-0.2, 0) is 4.74 Å². The summed E-state index contributed by atoms with van der Waals surface area (Å²) in [6.07, 6.45) is -0.317. The lowest BCUT2D eigenvalue weighted by Crippen LogP contribution is -2.17. The minimum absolute atomic E-state index is 0.171. The number of hydrogen-bond acceptors (Lipinski definition) is 2. The molecular weight excluding hydrogens is 116 g/mol. The highest BCUT2D eigenvalue weighted by Gasteiger charge is 2.25. The monoisotopic (exact) mass is 128 g/mol. The normalized spacial score (nSPS) is 34.9. The van der Waals surface area contributed by atoms with Crippen molar-refractivity contribution in [1.82, 2.24) is 0 Å². The summed E-state index contributed by atoms with van der Waals surface area (Å²) in [5.41, 5.74) is 1.01. The maximum atomic E-state index is 9.17. The molecule has 2 nitrogen and oxygen atoms in total. The summed E-state index contributed by atoms with van der Waals surface area (Å²) in [5, 5.41) is 9.17. The summed E-state index contributed by atoms with van der Waals surface area (Å²) in [4.78, 5) is 0. The third kappa shape index (κ3) is 1.32. The smallest absolute Gasteiger partial charge is 0.0860 e. The van der Waals surface area contributed by atoms with Crippen LogP contribution in [0.15, 0.2) is 12.2 Å². The zero-order valence-electron chi connectivity index (χ0n) is 5.63. The standard InChI is InChI=1S/C7H12O2/c1-5(2)6-3-9-4-7(6)8/h6-8H,1,3-4H2,2H3/t6-,7+/m0/s1. The molecule has 9 heavy (non-hydrogen) atoms. The molecule has 1 aliphatic rings. The van der Waals surface area contributed by atoms with Crippen LogP contribution < -0.4 is 0 Å². The molecule has 0 aromatic heterocycles. The lowest BCUT2D eigenvalue weighted by molar-refractivity contribution is 0.122. The summed E-state index contributed by atoms with van der Waals surface area (Å²) in [6.45, 7) is 6.77. The van der Waals surface area contributed by atoms with Gasteiger partial charge in [0.1, 0.15) is 0 Å². The van der Waals surface area contributed by atoms with Gasteiger partial charge in [0.15, 0.2) is 0 Å². The van der Waals surface area contributed by atoms with Gasteiger partial charge < -0.3 is 9.84 Å². The van der Waals surface area contributed by atoms with E-state index >= 15 is 0 Å². The van der Waals surface area contributed by atoms with E-state index in [4.69, 9.17) is 4.74 Å². The molecule has 0 spiro atoms. The van der Waals surface area contributed by atoms with Crippen molar-refractivity contribution in [2.24, 2.45) is 5.92 Å². The molecule has 0 aromatic carbocycles. The minimum atomic E-state index is -0.317. The predicted molar refractivity (Wildman–Crippen MR) is 35.1 cm³/mol. The molecule has 1 saturated heterocycles. The Hall–Kier alpha value is -0.340. The maximum absolute atomic E-state index is 9.17. The van der Waals surface area contributed by atoms with Crippen LogP contribution in [0, 0.1) is 5.92 Å². The Balaban J connectivity index is 2.49. The van der Waals surface area contributed by atoms with Crippen molar-refractivity contribution >= 4 is 0 Å². The number of ether oxygens (including phenoxy) is 1. The van der Waals surface area contributed by atoms with Crippen molar-refractivity contribution in [3.05, 3.63) is 12.2 Å². The van der Waals surface area contributed by atoms with E-state index in [1.807, 2.05) is 6.92 Å². The first-order valence-electron chi connectivity index (χ1n) is 3.13. The van der Waals surface area contributed by atoms with E-state index in [2.05, 4.69) is 6.58 Å². The second-order valence-electron chi connectivity index (χ2n) is 2.56. The fourth-order valence-electron chi connectivity index (χ4n) is 1.01. The van der Waals surface area contributed by atoms with Gasteiger partial charge in [-0.1, -0.05) is 12.2 Å². The van der Waals surface area contributed by atoms with Crippen LogP contribution in [0.1, 0.15) is 6.92 Å². The first kappa shape index (κ1) is 6.78. The molecule has 2 atom stereocenters. The average Bonchev–Trinajstić information content (AvgIpc) is 2.13. The first-order valence-corrected chi connectivity index (χ1v) is 3.13. The lowest BCUT2D eigenvalue weighted by atomic mass is 9.99. The van der Waals surface area contributed by atoms with E-state index in [1.165, 1.54) is 0 Å². The molecular formula is C7H12O2. The van der Waals surface area contributed by atoms with Gasteiger partial charge in [-0.2, -0.15) is 0 Å². The van der Waals surface area contributed by atoms with Gasteiger partial charge in [-0.25, -0.2) is 0 Å². The zero-order chi connectivity index (χ0) is 6.85. The first-order chi connectivity index (χ1) is 4.22. The molecule has 52 valence electrons. The summed E-state index contributed by atoms with van der Waals surface area (Å²) >= 11 is 0. The highest BCUT2D eigenvalue weighted by atomic mass is 16.5. The van der Waals surface area contributed by atoms with E-state index in [1.54, 1.807) is 0 Å². The fourth-order valence-corrected chi connectivity index (χ4v) is 1.01. The zero-order valence-corrected chi connectivity index (χ0v) is 5.63. The molecule has 2 heteroatoms. The van der Waals surface area contributed by atoms with Crippen LogP contribution in [0.25, 0.3) is 0 Å². The van der Waals surface area contributed by atoms with E-state index < -0.39 is 0 Å². The Bertz CT molecular complexity index is 120. The average molecular weight is 128 g/mol. The van der Waals surface area contributed by atoms with Gasteiger partial charge in [-0.3, -0.25) is 0 Å². The Morgan fingerprint density at radius 1 is 1.67 bits per heavy atom. The van der Waals surface area contributed by atoms with Gasteiger partial charge in [-0.15, -0.1) is 0 Å². The summed E-state index contributed by atoms with van der Waals surface area (Å²) in [5.74, 6) is 0.171. The van der Waals surface area contributed by atoms with Crippen molar-refractivity contribution < 1.29 is 9.84 Å². The van der Waals surface area contributed by atoms with Crippen molar-refractivity contribution in [3.8, 4) is 0 Å². The Labute approximate surface area is 55.1 Å². The predicted octanol–water partition coefficient (Wildman–Crippen LogP) is 0.570. The fraction of sp³-hybridized carbons (Fsp3) is 0.714. The molecule has 0 saturated carbocycles. The highest BCUT2D eigenvalue weighted by molar-refractivity contribution is 5.01. The molecule has 1 aliphatic heterocycles. The molecule has 0 unspecified atom stereocenters. The Morgan fingerprint density at radius 2 is 2.33 bits per heavy atom. The van der Waals surface area contributed by atoms with Gasteiger partial charge >= 0.3 is 0 Å². The van der Waals surface area contributed by atoms with Crippen LogP contribution in [-0.4, -0.2) is 24.4 Å². The van der Waals surface area contributed by atoms with E-state index in [9.17, 15) is 5.11 Å². The van der Waals surface area contributed by atoms with Gasteiger partial charge in [-0.05, 0) is 6.92 Å². The van der Waals surface area contributed by atoms with E-state index in [0.717, 1.165) is 5.57 Å². The number of aliphatic hydroxyl groups excluding tert-OH is 1. The quantitative estimate of drug-likeness (QED) is 0.523. The molecule has 1 rings (SSSR count). The Kier molecular flexibility index (Phi) is 1.88. The number of rotatable bonds is 1. The van der Waals surface area contributed by atoms with Crippen molar-refractivity contribution in [3.63, 3.8) is 0 Å². The molecule has 0 aliphatic carbocycles. The van der Waals surface area contributed by atoms with Crippen molar-refractivity contribution in [2.45, 2.75) is 13.0 Å². The van der Waals surface area contributed by atoms with Gasteiger partial charge in [0.2, 0.25) is 0 Å². The van der Waals surface area contributed by atoms with Crippen LogP contribution in [0.5, 0.6) is 0 Å². The third-order valence-electron chi connectivity index (χ3n) is 1.68. The summed E-state index contributed by atoms with van der Waals surface area (Å²) in [7, 11) is 0. The van der Waals surface area contributed by atoms with Gasteiger partial charge in [0, 0.05) is 5.92 Å². The summed E-state index contributed by atoms with van der Waals surface area (Å²) in [6, 6.07) is 0. The molecule has 0 aromatic rings.